The first-order chi connectivity index (χ1) is 7.45. The van der Waals surface area contributed by atoms with Crippen molar-refractivity contribution in [2.45, 2.75) is 44.7 Å². The quantitative estimate of drug-likeness (QED) is 0.731. The van der Waals surface area contributed by atoms with E-state index >= 15 is 0 Å². The molecule has 1 saturated heterocycles. The highest BCUT2D eigenvalue weighted by Crippen LogP contribution is 2.10. The van der Waals surface area contributed by atoms with Gasteiger partial charge in [-0.15, -0.1) is 12.4 Å². The molecule has 1 heterocycles. The second-order valence-electron chi connectivity index (χ2n) is 4.66. The molecule has 5 nitrogen and oxygen atoms in total. The molecule has 0 radical (unpaired) electrons. The van der Waals surface area contributed by atoms with Crippen LogP contribution in [0, 0.1) is 0 Å². The molecule has 1 amide bonds. The molecule has 100 valence electrons. The lowest BCUT2D eigenvalue weighted by molar-refractivity contribution is -0.149. The molecule has 1 aliphatic heterocycles. The average molecular weight is 265 g/mol. The second-order valence-corrected chi connectivity index (χ2v) is 4.66. The number of esters is 1. The van der Waals surface area contributed by atoms with Crippen LogP contribution in [-0.4, -0.2) is 37.1 Å². The van der Waals surface area contributed by atoms with Crippen molar-refractivity contribution in [2.24, 2.45) is 0 Å². The van der Waals surface area contributed by atoms with Gasteiger partial charge in [0.1, 0.15) is 5.54 Å². The van der Waals surface area contributed by atoms with E-state index in [0.29, 0.717) is 6.42 Å². The van der Waals surface area contributed by atoms with Crippen molar-refractivity contribution in [3.05, 3.63) is 0 Å². The molecule has 0 spiro atoms. The highest BCUT2D eigenvalue weighted by molar-refractivity contribution is 5.87. The van der Waals surface area contributed by atoms with Crippen LogP contribution in [-0.2, 0) is 14.3 Å². The summed E-state index contributed by atoms with van der Waals surface area (Å²) < 4.78 is 4.62. The number of carbonyl (C=O) groups excluding carboxylic acids is 2. The van der Waals surface area contributed by atoms with Crippen LogP contribution in [0.3, 0.4) is 0 Å². The summed E-state index contributed by atoms with van der Waals surface area (Å²) in [5.74, 6) is -0.546. The zero-order chi connectivity index (χ0) is 12.2. The van der Waals surface area contributed by atoms with Crippen LogP contribution in [0.1, 0.15) is 33.1 Å². The van der Waals surface area contributed by atoms with Crippen LogP contribution >= 0.6 is 12.4 Å². The molecule has 0 saturated carbocycles. The van der Waals surface area contributed by atoms with Crippen molar-refractivity contribution in [3.63, 3.8) is 0 Å². The molecule has 1 unspecified atom stereocenters. The fraction of sp³-hybridized carbons (Fsp3) is 0.818. The first-order valence-electron chi connectivity index (χ1n) is 5.58. The Morgan fingerprint density at radius 2 is 2.12 bits per heavy atom. The molecule has 2 N–H and O–H groups in total. The zero-order valence-electron chi connectivity index (χ0n) is 10.5. The van der Waals surface area contributed by atoms with E-state index in [0.717, 1.165) is 19.4 Å². The van der Waals surface area contributed by atoms with E-state index < -0.39 is 11.5 Å². The van der Waals surface area contributed by atoms with Crippen LogP contribution in [0.2, 0.25) is 0 Å². The van der Waals surface area contributed by atoms with Gasteiger partial charge in [0.05, 0.1) is 7.11 Å². The molecule has 1 rings (SSSR count). The molecule has 1 atom stereocenters. The molecule has 0 aromatic rings. The Balaban J connectivity index is 0.00000256. The summed E-state index contributed by atoms with van der Waals surface area (Å²) in [4.78, 5) is 23.0. The van der Waals surface area contributed by atoms with Crippen molar-refractivity contribution >= 4 is 24.3 Å². The summed E-state index contributed by atoms with van der Waals surface area (Å²) >= 11 is 0. The summed E-state index contributed by atoms with van der Waals surface area (Å²) in [6, 6.07) is 0.244. The molecule has 0 aromatic heterocycles. The second kappa shape index (κ2) is 6.81. The van der Waals surface area contributed by atoms with Crippen LogP contribution in [0.4, 0.5) is 0 Å². The Morgan fingerprint density at radius 3 is 2.59 bits per heavy atom. The van der Waals surface area contributed by atoms with E-state index in [1.165, 1.54) is 7.11 Å². The van der Waals surface area contributed by atoms with E-state index in [1.807, 2.05) is 0 Å². The maximum Gasteiger partial charge on any atom is 0.330 e. The minimum atomic E-state index is -0.954. The fourth-order valence-electron chi connectivity index (χ4n) is 1.86. The van der Waals surface area contributed by atoms with Gasteiger partial charge >= 0.3 is 5.97 Å². The summed E-state index contributed by atoms with van der Waals surface area (Å²) in [5, 5.41) is 5.92. The minimum absolute atomic E-state index is 0. The zero-order valence-corrected chi connectivity index (χ0v) is 11.4. The van der Waals surface area contributed by atoms with E-state index in [4.69, 9.17) is 0 Å². The van der Waals surface area contributed by atoms with Crippen LogP contribution in [0.25, 0.3) is 0 Å². The first kappa shape index (κ1) is 16.2. The van der Waals surface area contributed by atoms with Crippen molar-refractivity contribution in [2.75, 3.05) is 13.7 Å². The Kier molecular flexibility index (Phi) is 6.49. The lowest BCUT2D eigenvalue weighted by atomic mass is 10.0. The van der Waals surface area contributed by atoms with Gasteiger partial charge < -0.3 is 15.4 Å². The molecule has 17 heavy (non-hydrogen) atoms. The van der Waals surface area contributed by atoms with Crippen molar-refractivity contribution < 1.29 is 14.3 Å². The number of ether oxygens (including phenoxy) is 1. The summed E-state index contributed by atoms with van der Waals surface area (Å²) in [6.45, 7) is 4.25. The third-order valence-corrected chi connectivity index (χ3v) is 2.74. The van der Waals surface area contributed by atoms with Gasteiger partial charge in [-0.1, -0.05) is 0 Å². The van der Waals surface area contributed by atoms with Gasteiger partial charge in [0.25, 0.3) is 0 Å². The van der Waals surface area contributed by atoms with Gasteiger partial charge in [0.15, 0.2) is 0 Å². The van der Waals surface area contributed by atoms with Crippen molar-refractivity contribution in [1.82, 2.24) is 10.6 Å². The monoisotopic (exact) mass is 264 g/mol. The number of amides is 1. The summed E-state index contributed by atoms with van der Waals surface area (Å²) in [5.41, 5.74) is -0.954. The number of hydrogen-bond donors (Lipinski definition) is 2. The van der Waals surface area contributed by atoms with Gasteiger partial charge in [-0.05, 0) is 33.2 Å². The molecule has 0 aliphatic carbocycles. The van der Waals surface area contributed by atoms with Gasteiger partial charge in [-0.25, -0.2) is 4.79 Å². The van der Waals surface area contributed by atoms with Crippen LogP contribution in [0.5, 0.6) is 0 Å². The SMILES string of the molecule is COC(=O)C(C)(C)NC(=O)CC1CCCN1.Cl. The average Bonchev–Trinajstić information content (AvgIpc) is 2.67. The van der Waals surface area contributed by atoms with Crippen LogP contribution < -0.4 is 10.6 Å². The standard InChI is InChI=1S/C11H20N2O3.ClH/c1-11(2,10(15)16-3)13-9(14)7-8-5-4-6-12-8;/h8,12H,4-7H2,1-3H3,(H,13,14);1H. The number of carbonyl (C=O) groups is 2. The third kappa shape index (κ3) is 4.91. The maximum absolute atomic E-state index is 11.7. The largest absolute Gasteiger partial charge is 0.467 e. The van der Waals surface area contributed by atoms with Gasteiger partial charge in [-0.2, -0.15) is 0 Å². The summed E-state index contributed by atoms with van der Waals surface area (Å²) in [7, 11) is 1.31. The first-order valence-corrected chi connectivity index (χ1v) is 5.58. The van der Waals surface area contributed by atoms with Crippen molar-refractivity contribution in [1.29, 1.82) is 0 Å². The maximum atomic E-state index is 11.7. The third-order valence-electron chi connectivity index (χ3n) is 2.74. The van der Waals surface area contributed by atoms with Crippen molar-refractivity contribution in [3.8, 4) is 0 Å². The number of halogens is 1. The van der Waals surface area contributed by atoms with Gasteiger partial charge in [0, 0.05) is 12.5 Å². The van der Waals surface area contributed by atoms with Gasteiger partial charge in [-0.3, -0.25) is 4.79 Å². The topological polar surface area (TPSA) is 67.4 Å². The van der Waals surface area contributed by atoms with E-state index in [1.54, 1.807) is 13.8 Å². The Bertz CT molecular complexity index is 276. The highest BCUT2D eigenvalue weighted by atomic mass is 35.5. The normalized spacial score (nSPS) is 19.4. The minimum Gasteiger partial charge on any atom is -0.467 e. The molecule has 0 aromatic carbocycles. The predicted octanol–water partition coefficient (Wildman–Crippen LogP) is 0.618. The lowest BCUT2D eigenvalue weighted by Gasteiger charge is -2.23. The Morgan fingerprint density at radius 1 is 1.47 bits per heavy atom. The Labute approximate surface area is 108 Å². The number of methoxy groups -OCH3 is 1. The number of rotatable bonds is 4. The fourth-order valence-corrected chi connectivity index (χ4v) is 1.86. The highest BCUT2D eigenvalue weighted by Gasteiger charge is 2.31. The van der Waals surface area contributed by atoms with Crippen LogP contribution in [0.15, 0.2) is 0 Å². The Hall–Kier alpha value is -0.810. The molecule has 1 aliphatic rings. The molecular weight excluding hydrogens is 244 g/mol. The smallest absolute Gasteiger partial charge is 0.330 e. The van der Waals surface area contributed by atoms with E-state index in [9.17, 15) is 9.59 Å². The number of hydrogen-bond acceptors (Lipinski definition) is 4. The van der Waals surface area contributed by atoms with Gasteiger partial charge in [0.2, 0.25) is 5.91 Å². The molecular formula is C11H21ClN2O3. The molecule has 1 fully saturated rings. The predicted molar refractivity (Wildman–Crippen MR) is 67.1 cm³/mol. The van der Waals surface area contributed by atoms with E-state index in [-0.39, 0.29) is 24.4 Å². The molecule has 6 heteroatoms. The number of nitrogens with one attached hydrogen (secondary N) is 2. The van der Waals surface area contributed by atoms with E-state index in [2.05, 4.69) is 15.4 Å². The lowest BCUT2D eigenvalue weighted by Crippen LogP contribution is -2.51. The summed E-state index contributed by atoms with van der Waals surface area (Å²) in [6.07, 6.45) is 2.55. The molecule has 0 bridgehead atoms.